The first-order valence-corrected chi connectivity index (χ1v) is 10.6. The van der Waals surface area contributed by atoms with Crippen LogP contribution in [0.1, 0.15) is 51.1 Å². The van der Waals surface area contributed by atoms with Crippen LogP contribution in [0.4, 0.5) is 0 Å². The molecule has 162 valence electrons. The number of Topliss-reactive ketones (excluding diaryl/α,β-unsaturated/α-hetero) is 1. The van der Waals surface area contributed by atoms with E-state index in [-0.39, 0.29) is 30.4 Å². The number of fused-ring (bicyclic) bond motifs is 3. The summed E-state index contributed by atoms with van der Waals surface area (Å²) in [6, 6.07) is 14.3. The van der Waals surface area contributed by atoms with E-state index in [9.17, 15) is 9.59 Å². The monoisotopic (exact) mass is 449 g/mol. The van der Waals surface area contributed by atoms with Crippen LogP contribution in [-0.4, -0.2) is 11.7 Å². The summed E-state index contributed by atoms with van der Waals surface area (Å²) in [5.41, 5.74) is 1.56. The number of nitrogens with one attached hydrogen (secondary N) is 1. The topological polar surface area (TPSA) is 81.7 Å². The third kappa shape index (κ3) is 3.37. The summed E-state index contributed by atoms with van der Waals surface area (Å²) in [5, 5.41) is 4.00. The number of ether oxygens (including phenoxy) is 1. The Morgan fingerprint density at radius 1 is 1.16 bits per heavy atom. The molecular weight excluding hydrogens is 430 g/mol. The van der Waals surface area contributed by atoms with Gasteiger partial charge in [-0.05, 0) is 55.8 Å². The number of furan rings is 2. The van der Waals surface area contributed by atoms with Gasteiger partial charge in [-0.3, -0.25) is 9.59 Å². The van der Waals surface area contributed by atoms with Crippen LogP contribution in [0.15, 0.2) is 63.6 Å². The van der Waals surface area contributed by atoms with Gasteiger partial charge < -0.3 is 18.9 Å². The zero-order chi connectivity index (χ0) is 22.5. The Hall–Kier alpha value is -3.51. The predicted molar refractivity (Wildman–Crippen MR) is 119 cm³/mol. The molecular formula is C25H20ClNO5. The van der Waals surface area contributed by atoms with E-state index >= 15 is 0 Å². The Labute approximate surface area is 189 Å². The number of hydrogen-bond donors (Lipinski definition) is 1. The molecule has 1 unspecified atom stereocenters. The quantitative estimate of drug-likeness (QED) is 0.426. The summed E-state index contributed by atoms with van der Waals surface area (Å²) in [6.45, 7) is 3.90. The van der Waals surface area contributed by atoms with Crippen LogP contribution < -0.4 is 10.1 Å². The van der Waals surface area contributed by atoms with Gasteiger partial charge in [0.05, 0.1) is 24.8 Å². The Balaban J connectivity index is 1.51. The molecule has 6 nitrogen and oxygen atoms in total. The summed E-state index contributed by atoms with van der Waals surface area (Å²) in [6.07, 6.45) is 1.70. The number of benzene rings is 2. The average molecular weight is 450 g/mol. The fraction of sp³-hybridized carbons (Fsp3) is 0.200. The molecule has 0 bridgehead atoms. The fourth-order valence-electron chi connectivity index (χ4n) is 4.20. The van der Waals surface area contributed by atoms with Crippen molar-refractivity contribution >= 4 is 34.3 Å². The number of ketones is 1. The maximum Gasteiger partial charge on any atom is 0.287 e. The lowest BCUT2D eigenvalue weighted by Crippen LogP contribution is -2.36. The predicted octanol–water partition coefficient (Wildman–Crippen LogP) is 5.80. The van der Waals surface area contributed by atoms with Crippen LogP contribution in [0.3, 0.4) is 0 Å². The molecule has 4 aromatic rings. The van der Waals surface area contributed by atoms with Crippen LogP contribution in [0.25, 0.3) is 11.0 Å². The number of carbonyl (C=O) groups excluding carboxylic acids is 2. The van der Waals surface area contributed by atoms with E-state index in [2.05, 4.69) is 5.32 Å². The number of aryl methyl sites for hydroxylation is 1. The molecule has 0 spiro atoms. The highest BCUT2D eigenvalue weighted by Gasteiger charge is 2.40. The number of carbonyl (C=O) groups is 2. The van der Waals surface area contributed by atoms with E-state index in [1.165, 1.54) is 0 Å². The zero-order valence-corrected chi connectivity index (χ0v) is 18.3. The van der Waals surface area contributed by atoms with Crippen LogP contribution in [-0.2, 0) is 12.1 Å². The third-order valence-corrected chi connectivity index (χ3v) is 6.08. The van der Waals surface area contributed by atoms with Crippen molar-refractivity contribution in [1.29, 1.82) is 0 Å². The van der Waals surface area contributed by atoms with Crippen LogP contribution in [0.5, 0.6) is 5.75 Å². The molecule has 1 atom stereocenters. The lowest BCUT2D eigenvalue weighted by Gasteiger charge is -2.35. The highest BCUT2D eigenvalue weighted by atomic mass is 35.5. The van der Waals surface area contributed by atoms with E-state index in [0.29, 0.717) is 38.6 Å². The molecule has 2 aromatic heterocycles. The molecule has 0 fully saturated rings. The Kier molecular flexibility index (Phi) is 4.82. The van der Waals surface area contributed by atoms with E-state index in [1.807, 2.05) is 19.1 Å². The van der Waals surface area contributed by atoms with Crippen molar-refractivity contribution in [2.75, 3.05) is 0 Å². The largest absolute Gasteiger partial charge is 0.482 e. The zero-order valence-electron chi connectivity index (χ0n) is 17.5. The van der Waals surface area contributed by atoms with Crippen molar-refractivity contribution in [2.45, 2.75) is 32.4 Å². The smallest absolute Gasteiger partial charge is 0.287 e. The summed E-state index contributed by atoms with van der Waals surface area (Å²) in [5.74, 6) is 0.825. The minimum Gasteiger partial charge on any atom is -0.482 e. The summed E-state index contributed by atoms with van der Waals surface area (Å²) in [4.78, 5) is 26.0. The molecule has 7 heteroatoms. The Morgan fingerprint density at radius 2 is 1.94 bits per heavy atom. The minimum atomic E-state index is -0.816. The standard InChI is InChI=1S/C25H20ClNO5/c1-14-21-19(31-23(14)24(29)27-13-17-4-3-11-30-17)9-10-20-22(21)18(28)12-25(2,32-20)15-5-7-16(26)8-6-15/h3-11H,12-13H2,1-2H3,(H,27,29). The van der Waals surface area contributed by atoms with Crippen molar-refractivity contribution in [3.63, 3.8) is 0 Å². The highest BCUT2D eigenvalue weighted by Crippen LogP contribution is 2.44. The van der Waals surface area contributed by atoms with Gasteiger partial charge in [0, 0.05) is 16.0 Å². The Bertz CT molecular complexity index is 1340. The normalized spacial score (nSPS) is 17.8. The molecule has 1 amide bonds. The molecule has 1 aliphatic rings. The van der Waals surface area contributed by atoms with Gasteiger partial charge in [-0.2, -0.15) is 0 Å². The van der Waals surface area contributed by atoms with Crippen molar-refractivity contribution in [1.82, 2.24) is 5.32 Å². The van der Waals surface area contributed by atoms with Crippen LogP contribution in [0.2, 0.25) is 5.02 Å². The van der Waals surface area contributed by atoms with Gasteiger partial charge in [-0.1, -0.05) is 23.7 Å². The second kappa shape index (κ2) is 7.57. The van der Waals surface area contributed by atoms with Gasteiger partial charge in [0.1, 0.15) is 22.7 Å². The molecule has 0 saturated heterocycles. The first-order chi connectivity index (χ1) is 15.4. The van der Waals surface area contributed by atoms with Crippen LogP contribution in [0, 0.1) is 6.92 Å². The van der Waals surface area contributed by atoms with Crippen molar-refractivity contribution in [3.05, 3.63) is 88.0 Å². The Morgan fingerprint density at radius 3 is 2.66 bits per heavy atom. The number of hydrogen-bond acceptors (Lipinski definition) is 5. The molecule has 0 aliphatic carbocycles. The number of rotatable bonds is 4. The van der Waals surface area contributed by atoms with Crippen LogP contribution >= 0.6 is 11.6 Å². The summed E-state index contributed by atoms with van der Waals surface area (Å²) in [7, 11) is 0. The summed E-state index contributed by atoms with van der Waals surface area (Å²) < 4.78 is 17.4. The van der Waals surface area contributed by atoms with Gasteiger partial charge in [0.15, 0.2) is 11.5 Å². The maximum atomic E-state index is 13.3. The van der Waals surface area contributed by atoms with Crippen molar-refractivity contribution in [3.8, 4) is 5.75 Å². The second-order valence-electron chi connectivity index (χ2n) is 8.07. The minimum absolute atomic E-state index is 0.0688. The van der Waals surface area contributed by atoms with E-state index < -0.39 is 5.60 Å². The molecule has 0 saturated carbocycles. The first kappa shape index (κ1) is 20.4. The molecule has 5 rings (SSSR count). The van der Waals surface area contributed by atoms with Gasteiger partial charge >= 0.3 is 0 Å². The van der Waals surface area contributed by atoms with E-state index in [0.717, 1.165) is 5.56 Å². The van der Waals surface area contributed by atoms with Gasteiger partial charge in [-0.15, -0.1) is 0 Å². The molecule has 32 heavy (non-hydrogen) atoms. The van der Waals surface area contributed by atoms with Gasteiger partial charge in [0.2, 0.25) is 0 Å². The maximum absolute atomic E-state index is 13.3. The molecule has 3 heterocycles. The molecule has 1 N–H and O–H groups in total. The molecule has 1 aliphatic heterocycles. The number of halogens is 1. The highest BCUT2D eigenvalue weighted by molar-refractivity contribution is 6.30. The average Bonchev–Trinajstić information content (AvgIpc) is 3.40. The SMILES string of the molecule is Cc1c(C(=O)NCc2ccco2)oc2ccc3c(c12)C(=O)CC(C)(c1ccc(Cl)cc1)O3. The number of amides is 1. The van der Waals surface area contributed by atoms with Crippen molar-refractivity contribution in [2.24, 2.45) is 0 Å². The second-order valence-corrected chi connectivity index (χ2v) is 8.51. The van der Waals surface area contributed by atoms with E-state index in [4.69, 9.17) is 25.2 Å². The molecule has 2 aromatic carbocycles. The third-order valence-electron chi connectivity index (χ3n) is 5.83. The fourth-order valence-corrected chi connectivity index (χ4v) is 4.32. The molecule has 0 radical (unpaired) electrons. The lowest BCUT2D eigenvalue weighted by molar-refractivity contribution is 0.0507. The van der Waals surface area contributed by atoms with E-state index in [1.54, 1.807) is 49.6 Å². The van der Waals surface area contributed by atoms with Gasteiger partial charge in [0.25, 0.3) is 5.91 Å². The first-order valence-electron chi connectivity index (χ1n) is 10.2. The van der Waals surface area contributed by atoms with Gasteiger partial charge in [-0.25, -0.2) is 0 Å². The summed E-state index contributed by atoms with van der Waals surface area (Å²) >= 11 is 6.01. The van der Waals surface area contributed by atoms with Crippen molar-refractivity contribution < 1.29 is 23.2 Å². The lowest BCUT2D eigenvalue weighted by atomic mass is 9.84.